The van der Waals surface area contributed by atoms with E-state index in [1.54, 1.807) is 12.2 Å². The predicted octanol–water partition coefficient (Wildman–Crippen LogP) is 3.38. The van der Waals surface area contributed by atoms with Gasteiger partial charge in [0.15, 0.2) is 0 Å². The molecular formula is C22H34O5. The molecule has 1 fully saturated rings. The van der Waals surface area contributed by atoms with Gasteiger partial charge in [-0.05, 0) is 38.0 Å². The third-order valence-corrected chi connectivity index (χ3v) is 4.79. The van der Waals surface area contributed by atoms with Gasteiger partial charge in [-0.2, -0.15) is 0 Å². The first-order valence-corrected chi connectivity index (χ1v) is 9.85. The van der Waals surface area contributed by atoms with Crippen molar-refractivity contribution >= 4 is 5.97 Å². The molecule has 1 rings (SSSR count). The number of aliphatic hydroxyl groups is 3. The third-order valence-electron chi connectivity index (χ3n) is 4.79. The van der Waals surface area contributed by atoms with Gasteiger partial charge in [-0.15, -0.1) is 0 Å². The number of rotatable bonds is 12. The molecule has 0 aromatic rings. The van der Waals surface area contributed by atoms with Crippen LogP contribution in [-0.2, 0) is 4.79 Å². The molecule has 152 valence electrons. The van der Waals surface area contributed by atoms with E-state index in [2.05, 4.69) is 19.1 Å². The maximum atomic E-state index is 10.5. The Morgan fingerprint density at radius 2 is 1.81 bits per heavy atom. The largest absolute Gasteiger partial charge is 0.481 e. The van der Waals surface area contributed by atoms with Crippen molar-refractivity contribution in [3.05, 3.63) is 48.6 Å². The fourth-order valence-corrected chi connectivity index (χ4v) is 3.29. The summed E-state index contributed by atoms with van der Waals surface area (Å²) in [5.74, 6) is -1.17. The highest BCUT2D eigenvalue weighted by molar-refractivity contribution is 5.66. The van der Waals surface area contributed by atoms with E-state index in [9.17, 15) is 20.1 Å². The molecule has 0 spiro atoms. The van der Waals surface area contributed by atoms with Gasteiger partial charge in [-0.3, -0.25) is 4.79 Å². The summed E-state index contributed by atoms with van der Waals surface area (Å²) < 4.78 is 0. The third kappa shape index (κ3) is 9.70. The molecule has 0 heterocycles. The first-order valence-electron chi connectivity index (χ1n) is 9.85. The highest BCUT2D eigenvalue weighted by Gasteiger charge is 2.39. The van der Waals surface area contributed by atoms with Crippen molar-refractivity contribution in [1.82, 2.24) is 0 Å². The number of carboxylic acid groups (broad SMARTS) is 1. The van der Waals surface area contributed by atoms with Crippen molar-refractivity contribution in [2.75, 3.05) is 0 Å². The lowest BCUT2D eigenvalue weighted by atomic mass is 9.89. The second-order valence-corrected chi connectivity index (χ2v) is 7.03. The maximum absolute atomic E-state index is 10.5. The fourth-order valence-electron chi connectivity index (χ4n) is 3.29. The molecule has 0 saturated heterocycles. The van der Waals surface area contributed by atoms with Gasteiger partial charge in [0.05, 0.1) is 18.3 Å². The quantitative estimate of drug-likeness (QED) is 0.390. The van der Waals surface area contributed by atoms with Crippen LogP contribution in [0, 0.1) is 11.8 Å². The second kappa shape index (κ2) is 13.5. The van der Waals surface area contributed by atoms with E-state index in [-0.39, 0.29) is 18.3 Å². The summed E-state index contributed by atoms with van der Waals surface area (Å²) in [5.41, 5.74) is 0. The number of hydrogen-bond donors (Lipinski definition) is 4. The highest BCUT2D eigenvalue weighted by atomic mass is 16.4. The Kier molecular flexibility index (Phi) is 11.7. The fraction of sp³-hybridized carbons (Fsp3) is 0.591. The SMILES string of the molecule is CC/C=C\C/C=C\CC(O)/C=C/C1[C@H](O)C[C@H](O)[C@@H]1C/C=C\CCC(=O)O. The van der Waals surface area contributed by atoms with Gasteiger partial charge < -0.3 is 20.4 Å². The Hall–Kier alpha value is -1.69. The molecule has 5 heteroatoms. The van der Waals surface area contributed by atoms with E-state index in [1.807, 2.05) is 24.3 Å². The standard InChI is InChI=1S/C22H34O5/c1-2-3-4-5-6-8-11-17(23)14-15-19-18(20(24)16-21(19)25)12-9-7-10-13-22(26)27/h3-4,6-9,14-15,17-21,23-25H,2,5,10-13,16H2,1H3,(H,26,27)/b4-3-,8-6-,9-7-,15-14+/t17?,18-,19?,20+,21-/m1/s1. The molecular weight excluding hydrogens is 344 g/mol. The Labute approximate surface area is 162 Å². The molecule has 1 aliphatic carbocycles. The zero-order chi connectivity index (χ0) is 20.1. The van der Waals surface area contributed by atoms with Crippen molar-refractivity contribution in [3.8, 4) is 0 Å². The molecule has 4 N–H and O–H groups in total. The average Bonchev–Trinajstić information content (AvgIpc) is 2.88. The summed E-state index contributed by atoms with van der Waals surface area (Å²) in [4.78, 5) is 10.5. The van der Waals surface area contributed by atoms with Crippen LogP contribution in [0.5, 0.6) is 0 Å². The average molecular weight is 379 g/mol. The minimum atomic E-state index is -0.832. The van der Waals surface area contributed by atoms with Gasteiger partial charge in [0.1, 0.15) is 0 Å². The van der Waals surface area contributed by atoms with E-state index in [0.29, 0.717) is 25.7 Å². The van der Waals surface area contributed by atoms with Crippen LogP contribution in [0.25, 0.3) is 0 Å². The second-order valence-electron chi connectivity index (χ2n) is 7.03. The monoisotopic (exact) mass is 378 g/mol. The predicted molar refractivity (Wildman–Crippen MR) is 107 cm³/mol. The topological polar surface area (TPSA) is 98.0 Å². The lowest BCUT2D eigenvalue weighted by molar-refractivity contribution is -0.136. The molecule has 1 aliphatic rings. The van der Waals surface area contributed by atoms with Crippen LogP contribution >= 0.6 is 0 Å². The molecule has 5 nitrogen and oxygen atoms in total. The molecule has 0 aliphatic heterocycles. The molecule has 27 heavy (non-hydrogen) atoms. The molecule has 0 aromatic carbocycles. The normalized spacial score (nSPS) is 27.6. The number of allylic oxidation sites excluding steroid dienone is 5. The van der Waals surface area contributed by atoms with Gasteiger partial charge in [0, 0.05) is 18.8 Å². The van der Waals surface area contributed by atoms with Crippen molar-refractivity contribution < 1.29 is 25.2 Å². The minimum Gasteiger partial charge on any atom is -0.481 e. The van der Waals surface area contributed by atoms with E-state index in [1.165, 1.54) is 0 Å². The molecule has 0 aromatic heterocycles. The van der Waals surface area contributed by atoms with Gasteiger partial charge in [-0.1, -0.05) is 55.5 Å². The molecule has 2 unspecified atom stereocenters. The molecule has 0 radical (unpaired) electrons. The van der Waals surface area contributed by atoms with Crippen molar-refractivity contribution in [2.45, 2.75) is 70.2 Å². The molecule has 0 bridgehead atoms. The number of carboxylic acids is 1. The van der Waals surface area contributed by atoms with Crippen molar-refractivity contribution in [2.24, 2.45) is 11.8 Å². The van der Waals surface area contributed by atoms with Gasteiger partial charge in [-0.25, -0.2) is 0 Å². The lowest BCUT2D eigenvalue weighted by Gasteiger charge is -2.19. The summed E-state index contributed by atoms with van der Waals surface area (Å²) in [6.45, 7) is 2.09. The summed E-state index contributed by atoms with van der Waals surface area (Å²) in [7, 11) is 0. The van der Waals surface area contributed by atoms with Crippen LogP contribution in [-0.4, -0.2) is 44.7 Å². The Bertz CT molecular complexity index is 535. The lowest BCUT2D eigenvalue weighted by Crippen LogP contribution is -2.20. The number of carbonyl (C=O) groups is 1. The number of aliphatic hydroxyl groups excluding tert-OH is 3. The highest BCUT2D eigenvalue weighted by Crippen LogP contribution is 2.36. The summed E-state index contributed by atoms with van der Waals surface area (Å²) in [5, 5.41) is 39.1. The number of hydrogen-bond acceptors (Lipinski definition) is 4. The Balaban J connectivity index is 2.49. The molecule has 1 saturated carbocycles. The van der Waals surface area contributed by atoms with Crippen LogP contribution in [0.15, 0.2) is 48.6 Å². The Morgan fingerprint density at radius 3 is 2.52 bits per heavy atom. The zero-order valence-electron chi connectivity index (χ0n) is 16.2. The minimum absolute atomic E-state index is 0.0869. The first kappa shape index (κ1) is 23.3. The van der Waals surface area contributed by atoms with E-state index in [4.69, 9.17) is 5.11 Å². The van der Waals surface area contributed by atoms with Crippen molar-refractivity contribution in [3.63, 3.8) is 0 Å². The molecule has 5 atom stereocenters. The van der Waals surface area contributed by atoms with Crippen molar-refractivity contribution in [1.29, 1.82) is 0 Å². The van der Waals surface area contributed by atoms with Gasteiger partial charge >= 0.3 is 5.97 Å². The maximum Gasteiger partial charge on any atom is 0.303 e. The summed E-state index contributed by atoms with van der Waals surface area (Å²) in [6, 6.07) is 0. The van der Waals surface area contributed by atoms with E-state index >= 15 is 0 Å². The van der Waals surface area contributed by atoms with Gasteiger partial charge in [0.25, 0.3) is 0 Å². The summed E-state index contributed by atoms with van der Waals surface area (Å²) in [6.07, 6.45) is 17.3. The Morgan fingerprint density at radius 1 is 1.07 bits per heavy atom. The number of aliphatic carboxylic acids is 1. The smallest absolute Gasteiger partial charge is 0.303 e. The van der Waals surface area contributed by atoms with E-state index in [0.717, 1.165) is 12.8 Å². The van der Waals surface area contributed by atoms with Crippen LogP contribution in [0.2, 0.25) is 0 Å². The van der Waals surface area contributed by atoms with Crippen LogP contribution < -0.4 is 0 Å². The zero-order valence-corrected chi connectivity index (χ0v) is 16.2. The van der Waals surface area contributed by atoms with Crippen LogP contribution in [0.1, 0.15) is 51.9 Å². The van der Waals surface area contributed by atoms with Gasteiger partial charge in [0.2, 0.25) is 0 Å². The first-order chi connectivity index (χ1) is 13.0. The van der Waals surface area contributed by atoms with Crippen LogP contribution in [0.4, 0.5) is 0 Å². The summed E-state index contributed by atoms with van der Waals surface area (Å²) >= 11 is 0. The molecule has 0 amide bonds. The van der Waals surface area contributed by atoms with E-state index < -0.39 is 24.3 Å². The van der Waals surface area contributed by atoms with Crippen LogP contribution in [0.3, 0.4) is 0 Å².